The molecule has 1 N–H and O–H groups in total. The van der Waals surface area contributed by atoms with Crippen molar-refractivity contribution < 1.29 is 9.47 Å². The minimum Gasteiger partial charge on any atom is -0.490 e. The molecule has 0 saturated carbocycles. The molecule has 0 radical (unpaired) electrons. The second kappa shape index (κ2) is 9.69. The molecule has 0 saturated heterocycles. The van der Waals surface area contributed by atoms with E-state index in [1.165, 1.54) is 5.56 Å². The molecule has 136 valence electrons. The van der Waals surface area contributed by atoms with Crippen LogP contribution in [0.1, 0.15) is 43.9 Å². The van der Waals surface area contributed by atoms with Gasteiger partial charge in [0.05, 0.1) is 11.6 Å². The summed E-state index contributed by atoms with van der Waals surface area (Å²) >= 11 is 6.49. The van der Waals surface area contributed by atoms with Crippen LogP contribution in [0, 0.1) is 6.92 Å². The molecule has 25 heavy (non-hydrogen) atoms. The van der Waals surface area contributed by atoms with Crippen molar-refractivity contribution in [3.05, 3.63) is 58.1 Å². The minimum absolute atomic E-state index is 0.464. The number of rotatable bonds is 9. The van der Waals surface area contributed by atoms with Crippen molar-refractivity contribution in [2.75, 3.05) is 6.61 Å². The first-order chi connectivity index (χ1) is 12.0. The molecule has 3 nitrogen and oxygen atoms in total. The number of hydrogen-bond donors (Lipinski definition) is 1. The van der Waals surface area contributed by atoms with Crippen LogP contribution in [0.4, 0.5) is 0 Å². The number of nitrogens with one attached hydrogen (secondary N) is 1. The lowest BCUT2D eigenvalue weighted by molar-refractivity contribution is 0.268. The third kappa shape index (κ3) is 5.65. The Morgan fingerprint density at radius 3 is 2.56 bits per heavy atom. The lowest BCUT2D eigenvalue weighted by Crippen LogP contribution is -2.24. The molecule has 0 amide bonds. The average Bonchev–Trinajstić information content (AvgIpc) is 2.60. The quantitative estimate of drug-likeness (QED) is 0.638. The van der Waals surface area contributed by atoms with Gasteiger partial charge in [-0.05, 0) is 56.0 Å². The topological polar surface area (TPSA) is 30.5 Å². The van der Waals surface area contributed by atoms with E-state index in [2.05, 4.69) is 38.2 Å². The summed E-state index contributed by atoms with van der Waals surface area (Å²) in [6.07, 6.45) is 1.09. The molecular weight excluding hydrogens is 334 g/mol. The van der Waals surface area contributed by atoms with E-state index in [1.54, 1.807) is 0 Å². The van der Waals surface area contributed by atoms with Crippen molar-refractivity contribution in [2.45, 2.75) is 53.3 Å². The molecule has 2 aromatic carbocycles. The van der Waals surface area contributed by atoms with Gasteiger partial charge in [-0.3, -0.25) is 0 Å². The van der Waals surface area contributed by atoms with Crippen LogP contribution in [-0.4, -0.2) is 12.6 Å². The maximum absolute atomic E-state index is 6.49. The fraction of sp³-hybridized carbons (Fsp3) is 0.429. The van der Waals surface area contributed by atoms with Crippen LogP contribution in [0.5, 0.6) is 11.5 Å². The van der Waals surface area contributed by atoms with Gasteiger partial charge in [0.15, 0.2) is 11.5 Å². The summed E-state index contributed by atoms with van der Waals surface area (Å²) in [5, 5.41) is 4.06. The van der Waals surface area contributed by atoms with Gasteiger partial charge >= 0.3 is 0 Å². The summed E-state index contributed by atoms with van der Waals surface area (Å²) in [5.74, 6) is 1.31. The van der Waals surface area contributed by atoms with Crippen LogP contribution in [0.2, 0.25) is 5.02 Å². The molecule has 0 aliphatic heterocycles. The first-order valence-electron chi connectivity index (χ1n) is 8.91. The van der Waals surface area contributed by atoms with Crippen molar-refractivity contribution in [1.82, 2.24) is 5.32 Å². The van der Waals surface area contributed by atoms with E-state index in [0.717, 1.165) is 24.1 Å². The number of aryl methyl sites for hydroxylation is 1. The monoisotopic (exact) mass is 361 g/mol. The zero-order chi connectivity index (χ0) is 18.2. The third-order valence-corrected chi connectivity index (χ3v) is 4.55. The van der Waals surface area contributed by atoms with Crippen molar-refractivity contribution in [3.63, 3.8) is 0 Å². The van der Waals surface area contributed by atoms with Gasteiger partial charge in [-0.15, -0.1) is 0 Å². The van der Waals surface area contributed by atoms with Gasteiger partial charge in [0.1, 0.15) is 6.61 Å². The Hall–Kier alpha value is -1.71. The Bertz CT molecular complexity index is 688. The summed E-state index contributed by atoms with van der Waals surface area (Å²) < 4.78 is 11.8. The summed E-state index contributed by atoms with van der Waals surface area (Å²) in [7, 11) is 0. The van der Waals surface area contributed by atoms with Crippen LogP contribution in [0.15, 0.2) is 36.4 Å². The molecule has 0 fully saturated rings. The maximum Gasteiger partial charge on any atom is 0.180 e. The van der Waals surface area contributed by atoms with Gasteiger partial charge in [-0.2, -0.15) is 0 Å². The number of halogens is 1. The van der Waals surface area contributed by atoms with Crippen molar-refractivity contribution in [2.24, 2.45) is 0 Å². The molecule has 0 unspecified atom stereocenters. The number of ether oxygens (including phenoxy) is 2. The zero-order valence-corrected chi connectivity index (χ0v) is 16.3. The molecule has 0 bridgehead atoms. The van der Waals surface area contributed by atoms with Crippen LogP contribution in [0.25, 0.3) is 0 Å². The fourth-order valence-corrected chi connectivity index (χ4v) is 2.77. The highest BCUT2D eigenvalue weighted by Crippen LogP contribution is 2.37. The van der Waals surface area contributed by atoms with E-state index in [-0.39, 0.29) is 0 Å². The molecular formula is C21H28ClNO2. The summed E-state index contributed by atoms with van der Waals surface area (Å²) in [5.41, 5.74) is 3.44. The van der Waals surface area contributed by atoms with Gasteiger partial charge in [0.25, 0.3) is 0 Å². The largest absolute Gasteiger partial charge is 0.490 e. The van der Waals surface area contributed by atoms with Crippen LogP contribution in [0.3, 0.4) is 0 Å². The number of hydrogen-bond acceptors (Lipinski definition) is 3. The van der Waals surface area contributed by atoms with E-state index >= 15 is 0 Å². The van der Waals surface area contributed by atoms with Gasteiger partial charge in [-0.25, -0.2) is 0 Å². The zero-order valence-electron chi connectivity index (χ0n) is 15.6. The van der Waals surface area contributed by atoms with Gasteiger partial charge < -0.3 is 14.8 Å². The van der Waals surface area contributed by atoms with Gasteiger partial charge in [-0.1, -0.05) is 42.8 Å². The van der Waals surface area contributed by atoms with Crippen LogP contribution >= 0.6 is 11.6 Å². The molecule has 4 heteroatoms. The summed E-state index contributed by atoms with van der Waals surface area (Å²) in [6, 6.07) is 12.6. The first kappa shape index (κ1) is 19.6. The van der Waals surface area contributed by atoms with E-state index in [4.69, 9.17) is 21.1 Å². The summed E-state index contributed by atoms with van der Waals surface area (Å²) in [4.78, 5) is 0. The van der Waals surface area contributed by atoms with E-state index in [0.29, 0.717) is 35.8 Å². The Morgan fingerprint density at radius 1 is 1.12 bits per heavy atom. The summed E-state index contributed by atoms with van der Waals surface area (Å²) in [6.45, 7) is 10.2. The Labute approximate surface area is 156 Å². The van der Waals surface area contributed by atoms with E-state index in [9.17, 15) is 0 Å². The van der Waals surface area contributed by atoms with Crippen molar-refractivity contribution in [1.29, 1.82) is 0 Å². The van der Waals surface area contributed by atoms with Crippen LogP contribution in [-0.2, 0) is 13.2 Å². The smallest absolute Gasteiger partial charge is 0.180 e. The molecule has 0 heterocycles. The Kier molecular flexibility index (Phi) is 7.60. The second-order valence-corrected chi connectivity index (χ2v) is 6.65. The molecule has 0 aliphatic rings. The molecule has 0 aromatic heterocycles. The second-order valence-electron chi connectivity index (χ2n) is 6.24. The van der Waals surface area contributed by atoms with Crippen molar-refractivity contribution in [3.8, 4) is 11.5 Å². The molecule has 0 spiro atoms. The highest BCUT2D eigenvalue weighted by atomic mass is 35.5. The normalized spacial score (nSPS) is 12.0. The standard InChI is InChI=1S/C21H28ClNO2/c1-5-16(4)23-13-17-11-19(22)21(20(12-17)24-6-2)25-14-18-10-8-7-9-15(18)3/h7-12,16,23H,5-6,13-14H2,1-4H3/t16-/m1/s1. The lowest BCUT2D eigenvalue weighted by Gasteiger charge is -2.17. The van der Waals surface area contributed by atoms with E-state index in [1.807, 2.05) is 31.2 Å². The Balaban J connectivity index is 2.17. The predicted octanol–water partition coefficient (Wildman–Crippen LogP) is 5.51. The molecule has 2 rings (SSSR count). The fourth-order valence-electron chi connectivity index (χ4n) is 2.48. The van der Waals surface area contributed by atoms with Crippen molar-refractivity contribution >= 4 is 11.6 Å². The SMILES string of the molecule is CCOc1cc(CN[C@H](C)CC)cc(Cl)c1OCc1ccccc1C. The molecule has 2 aromatic rings. The maximum atomic E-state index is 6.49. The van der Waals surface area contributed by atoms with Gasteiger partial charge in [0.2, 0.25) is 0 Å². The first-order valence-corrected chi connectivity index (χ1v) is 9.28. The van der Waals surface area contributed by atoms with E-state index < -0.39 is 0 Å². The van der Waals surface area contributed by atoms with Crippen LogP contribution < -0.4 is 14.8 Å². The predicted molar refractivity (Wildman–Crippen MR) is 105 cm³/mol. The molecule has 0 aliphatic carbocycles. The highest BCUT2D eigenvalue weighted by molar-refractivity contribution is 6.32. The molecule has 1 atom stereocenters. The lowest BCUT2D eigenvalue weighted by atomic mass is 10.1. The average molecular weight is 362 g/mol. The minimum atomic E-state index is 0.464. The third-order valence-electron chi connectivity index (χ3n) is 4.27. The number of benzene rings is 2. The highest BCUT2D eigenvalue weighted by Gasteiger charge is 2.14. The van der Waals surface area contributed by atoms with Gasteiger partial charge in [0, 0.05) is 12.6 Å². The Morgan fingerprint density at radius 2 is 1.88 bits per heavy atom.